The van der Waals surface area contributed by atoms with Crippen molar-refractivity contribution in [1.82, 2.24) is 15.0 Å². The number of aromatic nitrogens is 2. The summed E-state index contributed by atoms with van der Waals surface area (Å²) < 4.78 is 1.17. The van der Waals surface area contributed by atoms with Crippen LogP contribution >= 0.6 is 11.6 Å². The van der Waals surface area contributed by atoms with Crippen molar-refractivity contribution < 1.29 is 4.79 Å². The predicted molar refractivity (Wildman–Crippen MR) is 63.3 cm³/mol. The maximum absolute atomic E-state index is 12.0. The van der Waals surface area contributed by atoms with Crippen LogP contribution in [0.1, 0.15) is 0 Å². The highest BCUT2D eigenvalue weighted by Crippen LogP contribution is 2.13. The summed E-state index contributed by atoms with van der Waals surface area (Å²) >= 11 is 5.80. The van der Waals surface area contributed by atoms with Crippen molar-refractivity contribution in [2.24, 2.45) is 5.84 Å². The van der Waals surface area contributed by atoms with Gasteiger partial charge < -0.3 is 0 Å². The fraction of sp³-hybridized carbons (Fsp3) is 0.100. The molecule has 7 heteroatoms. The number of nitrogens with two attached hydrogens (primary N) is 1. The second kappa shape index (κ2) is 4.52. The van der Waals surface area contributed by atoms with Crippen LogP contribution in [-0.2, 0) is 11.3 Å². The van der Waals surface area contributed by atoms with E-state index in [9.17, 15) is 9.59 Å². The lowest BCUT2D eigenvalue weighted by Crippen LogP contribution is -2.36. The Morgan fingerprint density at radius 1 is 1.53 bits per heavy atom. The Bertz CT molecular complexity index is 638. The van der Waals surface area contributed by atoms with E-state index in [-0.39, 0.29) is 12.1 Å². The maximum Gasteiger partial charge on any atom is 0.261 e. The number of amides is 1. The first-order chi connectivity index (χ1) is 8.11. The van der Waals surface area contributed by atoms with E-state index in [2.05, 4.69) is 4.98 Å². The normalized spacial score (nSPS) is 10.5. The molecule has 0 aliphatic rings. The van der Waals surface area contributed by atoms with E-state index in [1.165, 1.54) is 17.0 Å². The van der Waals surface area contributed by atoms with Crippen LogP contribution in [0, 0.1) is 0 Å². The van der Waals surface area contributed by atoms with Gasteiger partial charge in [-0.15, -0.1) is 0 Å². The maximum atomic E-state index is 12.0. The monoisotopic (exact) mass is 252 g/mol. The molecule has 1 heterocycles. The summed E-state index contributed by atoms with van der Waals surface area (Å²) in [6, 6.07) is 4.81. The van der Waals surface area contributed by atoms with E-state index >= 15 is 0 Å². The summed E-state index contributed by atoms with van der Waals surface area (Å²) in [7, 11) is 0. The van der Waals surface area contributed by atoms with Gasteiger partial charge in [-0.25, -0.2) is 10.8 Å². The molecule has 0 fully saturated rings. The Balaban J connectivity index is 2.57. The van der Waals surface area contributed by atoms with Crippen molar-refractivity contribution >= 4 is 28.4 Å². The Morgan fingerprint density at radius 3 is 3.00 bits per heavy atom. The molecule has 0 saturated carbocycles. The molecule has 6 nitrogen and oxygen atoms in total. The number of rotatable bonds is 2. The van der Waals surface area contributed by atoms with Gasteiger partial charge in [-0.05, 0) is 18.2 Å². The summed E-state index contributed by atoms with van der Waals surface area (Å²) in [6.45, 7) is -0.176. The first-order valence-electron chi connectivity index (χ1n) is 4.76. The smallest absolute Gasteiger partial charge is 0.261 e. The third kappa shape index (κ3) is 2.27. The van der Waals surface area contributed by atoms with E-state index in [1.807, 2.05) is 5.43 Å². The summed E-state index contributed by atoms with van der Waals surface area (Å²) in [5.74, 6) is 4.47. The largest absolute Gasteiger partial charge is 0.293 e. The molecule has 88 valence electrons. The lowest BCUT2D eigenvalue weighted by molar-refractivity contribution is -0.121. The molecule has 1 amide bonds. The first kappa shape index (κ1) is 11.6. The predicted octanol–water partition coefficient (Wildman–Crippen LogP) is 0.0398. The molecule has 1 aromatic carbocycles. The van der Waals surface area contributed by atoms with Gasteiger partial charge in [0.1, 0.15) is 6.54 Å². The van der Waals surface area contributed by atoms with Gasteiger partial charge in [0, 0.05) is 5.02 Å². The average molecular weight is 253 g/mol. The second-order valence-electron chi connectivity index (χ2n) is 3.41. The highest BCUT2D eigenvalue weighted by Gasteiger charge is 2.07. The highest BCUT2D eigenvalue weighted by atomic mass is 35.5. The third-order valence-corrected chi connectivity index (χ3v) is 2.50. The molecular weight excluding hydrogens is 244 g/mol. The molecule has 0 radical (unpaired) electrons. The van der Waals surface area contributed by atoms with Crippen LogP contribution in [0.5, 0.6) is 0 Å². The van der Waals surface area contributed by atoms with Crippen LogP contribution in [0.2, 0.25) is 5.02 Å². The van der Waals surface area contributed by atoms with Crippen LogP contribution in [0.15, 0.2) is 29.3 Å². The van der Waals surface area contributed by atoms with Crippen LogP contribution < -0.4 is 16.8 Å². The van der Waals surface area contributed by atoms with Crippen molar-refractivity contribution in [2.45, 2.75) is 6.54 Å². The van der Waals surface area contributed by atoms with E-state index in [0.29, 0.717) is 15.9 Å². The van der Waals surface area contributed by atoms with Crippen LogP contribution in [-0.4, -0.2) is 15.5 Å². The van der Waals surface area contributed by atoms with E-state index < -0.39 is 5.91 Å². The molecule has 0 saturated heterocycles. The Labute approximate surface area is 101 Å². The van der Waals surface area contributed by atoms with Crippen molar-refractivity contribution in [1.29, 1.82) is 0 Å². The summed E-state index contributed by atoms with van der Waals surface area (Å²) in [5.41, 5.74) is 2.15. The zero-order chi connectivity index (χ0) is 12.4. The standard InChI is InChI=1S/C10H9ClN4O2/c11-6-1-2-8-7(3-6)10(17)15(5-13-8)4-9(16)14-12/h1-3,5H,4,12H2,(H,14,16). The number of nitrogens with one attached hydrogen (secondary N) is 1. The zero-order valence-electron chi connectivity index (χ0n) is 8.68. The number of hydrogen-bond acceptors (Lipinski definition) is 4. The van der Waals surface area contributed by atoms with E-state index in [4.69, 9.17) is 17.4 Å². The summed E-state index contributed by atoms with van der Waals surface area (Å²) in [6.07, 6.45) is 1.30. The van der Waals surface area contributed by atoms with Gasteiger partial charge in [-0.1, -0.05) is 11.6 Å². The summed E-state index contributed by atoms with van der Waals surface area (Å²) in [4.78, 5) is 27.1. The molecule has 2 rings (SSSR count). The molecule has 0 atom stereocenters. The van der Waals surface area contributed by atoms with Gasteiger partial charge in [-0.2, -0.15) is 0 Å². The number of halogens is 1. The van der Waals surface area contributed by atoms with Gasteiger partial charge in [0.05, 0.1) is 17.2 Å². The average Bonchev–Trinajstić information content (AvgIpc) is 2.33. The zero-order valence-corrected chi connectivity index (χ0v) is 9.44. The highest BCUT2D eigenvalue weighted by molar-refractivity contribution is 6.31. The van der Waals surface area contributed by atoms with Crippen LogP contribution in [0.4, 0.5) is 0 Å². The van der Waals surface area contributed by atoms with Crippen LogP contribution in [0.25, 0.3) is 10.9 Å². The number of hydrazine groups is 1. The van der Waals surface area contributed by atoms with Crippen molar-refractivity contribution in [2.75, 3.05) is 0 Å². The van der Waals surface area contributed by atoms with Crippen molar-refractivity contribution in [3.63, 3.8) is 0 Å². The quantitative estimate of drug-likeness (QED) is 0.449. The summed E-state index contributed by atoms with van der Waals surface area (Å²) in [5, 5.41) is 0.808. The van der Waals surface area contributed by atoms with Gasteiger partial charge in [0.25, 0.3) is 11.5 Å². The Morgan fingerprint density at radius 2 is 2.29 bits per heavy atom. The van der Waals surface area contributed by atoms with Gasteiger partial charge >= 0.3 is 0 Å². The SMILES string of the molecule is NNC(=O)Cn1cnc2ccc(Cl)cc2c1=O. The fourth-order valence-corrected chi connectivity index (χ4v) is 1.62. The molecule has 1 aromatic heterocycles. The van der Waals surface area contributed by atoms with Crippen molar-refractivity contribution in [3.05, 3.63) is 39.9 Å². The minimum Gasteiger partial charge on any atom is -0.293 e. The molecule has 0 aliphatic heterocycles. The number of nitrogens with zero attached hydrogens (tertiary/aromatic N) is 2. The molecule has 17 heavy (non-hydrogen) atoms. The molecule has 0 aliphatic carbocycles. The molecular formula is C10H9ClN4O2. The number of hydrogen-bond donors (Lipinski definition) is 2. The first-order valence-corrected chi connectivity index (χ1v) is 5.14. The number of fused-ring (bicyclic) bond motifs is 1. The minimum absolute atomic E-state index is 0.176. The second-order valence-corrected chi connectivity index (χ2v) is 3.84. The van der Waals surface area contributed by atoms with E-state index in [0.717, 1.165) is 0 Å². The lowest BCUT2D eigenvalue weighted by Gasteiger charge is -2.05. The number of carbonyl (C=O) groups excluding carboxylic acids is 1. The molecule has 0 unspecified atom stereocenters. The fourth-order valence-electron chi connectivity index (χ4n) is 1.44. The molecule has 0 spiro atoms. The minimum atomic E-state index is -0.477. The Hall–Kier alpha value is -1.92. The topological polar surface area (TPSA) is 90.0 Å². The van der Waals surface area contributed by atoms with Gasteiger partial charge in [0.15, 0.2) is 0 Å². The molecule has 2 aromatic rings. The Kier molecular flexibility index (Phi) is 3.08. The lowest BCUT2D eigenvalue weighted by atomic mass is 10.2. The van der Waals surface area contributed by atoms with Gasteiger partial charge in [-0.3, -0.25) is 19.6 Å². The van der Waals surface area contributed by atoms with Crippen LogP contribution in [0.3, 0.4) is 0 Å². The molecule has 0 bridgehead atoms. The van der Waals surface area contributed by atoms with Crippen molar-refractivity contribution in [3.8, 4) is 0 Å². The third-order valence-electron chi connectivity index (χ3n) is 2.26. The number of carbonyl (C=O) groups is 1. The van der Waals surface area contributed by atoms with E-state index in [1.54, 1.807) is 12.1 Å². The van der Waals surface area contributed by atoms with Gasteiger partial charge in [0.2, 0.25) is 0 Å². The number of benzene rings is 1. The molecule has 3 N–H and O–H groups in total.